The van der Waals surface area contributed by atoms with Crippen LogP contribution in [-0.2, 0) is 4.79 Å². The van der Waals surface area contributed by atoms with Crippen LogP contribution in [0.5, 0.6) is 0 Å². The highest BCUT2D eigenvalue weighted by Crippen LogP contribution is 2.48. The Labute approximate surface area is 132 Å². The molecule has 7 heteroatoms. The van der Waals surface area contributed by atoms with Crippen LogP contribution in [0.1, 0.15) is 24.8 Å². The number of likely N-dealkylation sites (tertiary alicyclic amines) is 1. The predicted molar refractivity (Wildman–Crippen MR) is 79.1 cm³/mol. The van der Waals surface area contributed by atoms with Crippen molar-refractivity contribution < 1.29 is 19.1 Å². The molecule has 0 unspecified atom stereocenters. The molecule has 1 saturated heterocycles. The predicted octanol–water partition coefficient (Wildman–Crippen LogP) is 2.42. The Bertz CT molecular complexity index is 715. The van der Waals surface area contributed by atoms with E-state index in [1.807, 2.05) is 6.07 Å². The third kappa shape index (κ3) is 2.50. The van der Waals surface area contributed by atoms with Gasteiger partial charge in [-0.3, -0.25) is 4.79 Å². The molecule has 2 amide bonds. The van der Waals surface area contributed by atoms with Crippen LogP contribution in [0.4, 0.5) is 14.9 Å². The average Bonchev–Trinajstić information content (AvgIpc) is 3.07. The highest BCUT2D eigenvalue weighted by molar-refractivity contribution is 5.92. The van der Waals surface area contributed by atoms with E-state index in [-0.39, 0.29) is 23.7 Å². The number of carbonyl (C=O) groups is 2. The fraction of sp³-hybridized carbons (Fsp3) is 0.438. The van der Waals surface area contributed by atoms with Crippen molar-refractivity contribution in [2.75, 3.05) is 18.4 Å². The quantitative estimate of drug-likeness (QED) is 0.876. The first kappa shape index (κ1) is 15.3. The first-order valence-corrected chi connectivity index (χ1v) is 7.45. The summed E-state index contributed by atoms with van der Waals surface area (Å²) in [5, 5.41) is 21.1. The van der Waals surface area contributed by atoms with Gasteiger partial charge in [0.1, 0.15) is 11.9 Å². The molecule has 1 aliphatic heterocycles. The molecule has 1 saturated carbocycles. The molecule has 1 aliphatic carbocycles. The van der Waals surface area contributed by atoms with Gasteiger partial charge in [0.2, 0.25) is 0 Å². The number of aliphatic carboxylic acids is 1. The van der Waals surface area contributed by atoms with E-state index in [1.54, 1.807) is 0 Å². The summed E-state index contributed by atoms with van der Waals surface area (Å²) in [6.07, 6.45) is 2.25. The Morgan fingerprint density at radius 1 is 1.48 bits per heavy atom. The number of carbonyl (C=O) groups excluding carboxylic acids is 1. The van der Waals surface area contributed by atoms with Crippen LogP contribution in [0.2, 0.25) is 0 Å². The molecule has 2 aliphatic rings. The Morgan fingerprint density at radius 2 is 2.26 bits per heavy atom. The number of nitrogens with zero attached hydrogens (tertiary/aromatic N) is 2. The number of amides is 2. The van der Waals surface area contributed by atoms with E-state index in [9.17, 15) is 19.1 Å². The average molecular weight is 317 g/mol. The van der Waals surface area contributed by atoms with Gasteiger partial charge in [-0.15, -0.1) is 0 Å². The van der Waals surface area contributed by atoms with Crippen LogP contribution < -0.4 is 5.32 Å². The number of hydrogen-bond donors (Lipinski definition) is 2. The Kier molecular flexibility index (Phi) is 3.68. The number of carboxylic acid groups (broad SMARTS) is 1. The van der Waals surface area contributed by atoms with Crippen molar-refractivity contribution in [3.63, 3.8) is 0 Å². The lowest BCUT2D eigenvalue weighted by atomic mass is 9.81. The van der Waals surface area contributed by atoms with Crippen molar-refractivity contribution in [3.8, 4) is 6.07 Å². The van der Waals surface area contributed by atoms with Gasteiger partial charge in [-0.25, -0.2) is 9.18 Å². The van der Waals surface area contributed by atoms with Gasteiger partial charge in [0.25, 0.3) is 0 Å². The van der Waals surface area contributed by atoms with E-state index in [4.69, 9.17) is 5.26 Å². The molecule has 0 spiro atoms. The van der Waals surface area contributed by atoms with Crippen molar-refractivity contribution >= 4 is 17.7 Å². The van der Waals surface area contributed by atoms with E-state index in [0.29, 0.717) is 13.0 Å². The minimum Gasteiger partial charge on any atom is -0.481 e. The summed E-state index contributed by atoms with van der Waals surface area (Å²) in [6.45, 7) is 0.559. The Morgan fingerprint density at radius 3 is 2.91 bits per heavy atom. The van der Waals surface area contributed by atoms with Crippen molar-refractivity contribution in [1.82, 2.24) is 4.90 Å². The molecule has 1 heterocycles. The number of nitriles is 1. The largest absolute Gasteiger partial charge is 0.481 e. The lowest BCUT2D eigenvalue weighted by Crippen LogP contribution is -2.38. The standard InChI is InChI=1S/C16H16FN3O3/c17-12-3-4-13(10(6-12)7-18)19-15(23)20-8-11-2-1-5-16(11,9-20)14(21)22/h3-4,6,11H,1-2,5,8-9H2,(H,19,23)(H,21,22)/t11-,16+/m0/s1. The molecule has 2 atom stereocenters. The minimum absolute atomic E-state index is 0.0330. The number of rotatable bonds is 2. The van der Waals surface area contributed by atoms with Crippen molar-refractivity contribution in [1.29, 1.82) is 5.26 Å². The van der Waals surface area contributed by atoms with E-state index < -0.39 is 23.2 Å². The Balaban J connectivity index is 1.76. The zero-order chi connectivity index (χ0) is 16.6. The number of anilines is 1. The summed E-state index contributed by atoms with van der Waals surface area (Å²) in [6, 6.07) is 4.91. The molecular weight excluding hydrogens is 301 g/mol. The molecule has 2 N–H and O–H groups in total. The van der Waals surface area contributed by atoms with E-state index >= 15 is 0 Å². The van der Waals surface area contributed by atoms with Gasteiger partial charge < -0.3 is 15.3 Å². The summed E-state index contributed by atoms with van der Waals surface area (Å²) >= 11 is 0. The minimum atomic E-state index is -0.852. The molecule has 23 heavy (non-hydrogen) atoms. The number of hydrogen-bond acceptors (Lipinski definition) is 3. The second-order valence-electron chi connectivity index (χ2n) is 6.16. The van der Waals surface area contributed by atoms with Gasteiger partial charge in [0.15, 0.2) is 0 Å². The molecule has 6 nitrogen and oxygen atoms in total. The van der Waals surface area contributed by atoms with Crippen molar-refractivity contribution in [2.24, 2.45) is 11.3 Å². The van der Waals surface area contributed by atoms with Crippen LogP contribution >= 0.6 is 0 Å². The molecule has 120 valence electrons. The fourth-order valence-electron chi connectivity index (χ4n) is 3.71. The molecule has 1 aromatic rings. The number of benzene rings is 1. The number of halogens is 1. The molecule has 0 aromatic heterocycles. The third-order valence-electron chi connectivity index (χ3n) is 4.93. The van der Waals surface area contributed by atoms with Crippen LogP contribution in [0.3, 0.4) is 0 Å². The second-order valence-corrected chi connectivity index (χ2v) is 6.16. The number of urea groups is 1. The van der Waals surface area contributed by atoms with Crippen molar-refractivity contribution in [3.05, 3.63) is 29.6 Å². The van der Waals surface area contributed by atoms with E-state index in [0.717, 1.165) is 25.0 Å². The van der Waals surface area contributed by atoms with Gasteiger partial charge in [0.05, 0.1) is 16.7 Å². The SMILES string of the molecule is N#Cc1cc(F)ccc1NC(=O)N1C[C@@H]2CCC[C@@]2(C(=O)O)C1. The zero-order valence-electron chi connectivity index (χ0n) is 12.4. The highest BCUT2D eigenvalue weighted by Gasteiger charge is 2.55. The van der Waals surface area contributed by atoms with Gasteiger partial charge in [-0.05, 0) is 37.0 Å². The topological polar surface area (TPSA) is 93.4 Å². The highest BCUT2D eigenvalue weighted by atomic mass is 19.1. The lowest BCUT2D eigenvalue weighted by Gasteiger charge is -2.23. The van der Waals surface area contributed by atoms with E-state index in [1.165, 1.54) is 11.0 Å². The Hall–Kier alpha value is -2.62. The molecule has 1 aromatic carbocycles. The number of carboxylic acids is 1. The van der Waals surface area contributed by atoms with Crippen LogP contribution in [0, 0.1) is 28.5 Å². The first-order chi connectivity index (χ1) is 11.0. The summed E-state index contributed by atoms with van der Waals surface area (Å²) in [7, 11) is 0. The summed E-state index contributed by atoms with van der Waals surface area (Å²) in [5.74, 6) is -1.44. The summed E-state index contributed by atoms with van der Waals surface area (Å²) in [4.78, 5) is 25.5. The van der Waals surface area contributed by atoms with Crippen LogP contribution in [0.15, 0.2) is 18.2 Å². The monoisotopic (exact) mass is 317 g/mol. The van der Waals surface area contributed by atoms with Gasteiger partial charge in [0, 0.05) is 13.1 Å². The maximum Gasteiger partial charge on any atom is 0.321 e. The maximum atomic E-state index is 13.1. The molecule has 3 rings (SSSR count). The first-order valence-electron chi connectivity index (χ1n) is 7.45. The normalized spacial score (nSPS) is 25.7. The van der Waals surface area contributed by atoms with Gasteiger partial charge in [-0.2, -0.15) is 5.26 Å². The van der Waals surface area contributed by atoms with Gasteiger partial charge in [-0.1, -0.05) is 6.42 Å². The molecular formula is C16H16FN3O3. The third-order valence-corrected chi connectivity index (χ3v) is 4.93. The molecule has 2 fully saturated rings. The zero-order valence-corrected chi connectivity index (χ0v) is 12.4. The van der Waals surface area contributed by atoms with Crippen LogP contribution in [0.25, 0.3) is 0 Å². The van der Waals surface area contributed by atoms with Crippen molar-refractivity contribution in [2.45, 2.75) is 19.3 Å². The number of fused-ring (bicyclic) bond motifs is 1. The molecule has 0 radical (unpaired) electrons. The van der Waals surface area contributed by atoms with Crippen LogP contribution in [-0.4, -0.2) is 35.1 Å². The van der Waals surface area contributed by atoms with E-state index in [2.05, 4.69) is 5.32 Å². The summed E-state index contributed by atoms with van der Waals surface area (Å²) in [5.41, 5.74) is -0.593. The smallest absolute Gasteiger partial charge is 0.321 e. The second kappa shape index (κ2) is 5.54. The van der Waals surface area contributed by atoms with Gasteiger partial charge >= 0.3 is 12.0 Å². The molecule has 0 bridgehead atoms. The maximum absolute atomic E-state index is 13.1. The lowest BCUT2D eigenvalue weighted by molar-refractivity contribution is -0.149. The number of nitrogens with one attached hydrogen (secondary N) is 1. The summed E-state index contributed by atoms with van der Waals surface area (Å²) < 4.78 is 13.1. The fourth-order valence-corrected chi connectivity index (χ4v) is 3.71.